The molecule has 0 aliphatic rings. The number of amides is 1. The van der Waals surface area contributed by atoms with Crippen LogP contribution in [0.3, 0.4) is 0 Å². The van der Waals surface area contributed by atoms with Gasteiger partial charge in [0.1, 0.15) is 5.82 Å². The van der Waals surface area contributed by atoms with Crippen LogP contribution >= 0.6 is 0 Å². The molecule has 0 fully saturated rings. The van der Waals surface area contributed by atoms with Gasteiger partial charge in [0.05, 0.1) is 23.0 Å². The van der Waals surface area contributed by atoms with Gasteiger partial charge in [-0.3, -0.25) is 4.79 Å². The molecule has 0 aliphatic heterocycles. The van der Waals surface area contributed by atoms with Crippen LogP contribution in [0.15, 0.2) is 42.5 Å². The molecule has 0 bridgehead atoms. The Kier molecular flexibility index (Phi) is 3.44. The Bertz CT molecular complexity index is 677. The third kappa shape index (κ3) is 2.87. The second-order valence-electron chi connectivity index (χ2n) is 3.88. The molecule has 0 radical (unpaired) electrons. The lowest BCUT2D eigenvalue weighted by atomic mass is 10.1. The summed E-state index contributed by atoms with van der Waals surface area (Å²) in [7, 11) is 0. The van der Waals surface area contributed by atoms with Gasteiger partial charge in [0.25, 0.3) is 5.91 Å². The van der Waals surface area contributed by atoms with Crippen molar-refractivity contribution in [2.75, 3.05) is 11.1 Å². The van der Waals surface area contributed by atoms with Gasteiger partial charge in [0.15, 0.2) is 0 Å². The van der Waals surface area contributed by atoms with Crippen LogP contribution in [0.25, 0.3) is 0 Å². The monoisotopic (exact) mass is 255 g/mol. The Labute approximate surface area is 109 Å². The zero-order valence-corrected chi connectivity index (χ0v) is 9.85. The summed E-state index contributed by atoms with van der Waals surface area (Å²) in [5.41, 5.74) is 6.98. The van der Waals surface area contributed by atoms with E-state index >= 15 is 0 Å². The van der Waals surface area contributed by atoms with Gasteiger partial charge >= 0.3 is 0 Å². The Morgan fingerprint density at radius 3 is 2.68 bits per heavy atom. The number of carbonyl (C=O) groups excluding carboxylic acids is 1. The van der Waals surface area contributed by atoms with Gasteiger partial charge in [-0.1, -0.05) is 6.07 Å². The van der Waals surface area contributed by atoms with Crippen LogP contribution in [0.1, 0.15) is 15.9 Å². The van der Waals surface area contributed by atoms with Crippen molar-refractivity contribution in [1.82, 2.24) is 0 Å². The molecule has 0 saturated carbocycles. The van der Waals surface area contributed by atoms with E-state index in [4.69, 9.17) is 11.0 Å². The van der Waals surface area contributed by atoms with Crippen LogP contribution in [-0.4, -0.2) is 5.91 Å². The first-order valence-electron chi connectivity index (χ1n) is 5.46. The number of nitrogens with two attached hydrogens (primary N) is 1. The van der Waals surface area contributed by atoms with E-state index in [1.54, 1.807) is 0 Å². The number of hydrogen-bond acceptors (Lipinski definition) is 3. The van der Waals surface area contributed by atoms with Crippen molar-refractivity contribution in [2.45, 2.75) is 0 Å². The third-order valence-electron chi connectivity index (χ3n) is 2.52. The van der Waals surface area contributed by atoms with Crippen molar-refractivity contribution < 1.29 is 9.18 Å². The number of benzene rings is 2. The van der Waals surface area contributed by atoms with Crippen LogP contribution in [-0.2, 0) is 0 Å². The molecule has 0 aromatic heterocycles. The van der Waals surface area contributed by atoms with E-state index in [0.717, 1.165) is 6.07 Å². The Morgan fingerprint density at radius 1 is 1.26 bits per heavy atom. The minimum atomic E-state index is -0.486. The molecule has 2 aromatic carbocycles. The average molecular weight is 255 g/mol. The number of carbonyl (C=O) groups is 1. The second-order valence-corrected chi connectivity index (χ2v) is 3.88. The van der Waals surface area contributed by atoms with Crippen molar-refractivity contribution >= 4 is 17.3 Å². The van der Waals surface area contributed by atoms with Crippen molar-refractivity contribution in [2.24, 2.45) is 0 Å². The number of nitrogens with one attached hydrogen (secondary N) is 1. The fourth-order valence-electron chi connectivity index (χ4n) is 1.57. The summed E-state index contributed by atoms with van der Waals surface area (Å²) < 4.78 is 13.0. The van der Waals surface area contributed by atoms with Crippen LogP contribution in [0.4, 0.5) is 15.8 Å². The summed E-state index contributed by atoms with van der Waals surface area (Å²) in [4.78, 5) is 11.9. The highest BCUT2D eigenvalue weighted by atomic mass is 19.1. The first-order valence-corrected chi connectivity index (χ1v) is 5.46. The maximum Gasteiger partial charge on any atom is 0.255 e. The molecule has 0 aliphatic carbocycles. The molecule has 2 rings (SSSR count). The summed E-state index contributed by atoms with van der Waals surface area (Å²) in [6.07, 6.45) is 0. The molecule has 0 atom stereocenters. The van der Waals surface area contributed by atoms with Crippen molar-refractivity contribution in [3.8, 4) is 6.07 Å². The predicted octanol–water partition coefficient (Wildman–Crippen LogP) is 2.53. The molecule has 19 heavy (non-hydrogen) atoms. The number of anilines is 2. The summed E-state index contributed by atoms with van der Waals surface area (Å²) >= 11 is 0. The lowest BCUT2D eigenvalue weighted by molar-refractivity contribution is 0.102. The molecule has 1 amide bonds. The van der Waals surface area contributed by atoms with E-state index in [9.17, 15) is 9.18 Å². The summed E-state index contributed by atoms with van der Waals surface area (Å²) in [5.74, 6) is -0.948. The first-order chi connectivity index (χ1) is 9.10. The van der Waals surface area contributed by atoms with E-state index < -0.39 is 11.7 Å². The maximum absolute atomic E-state index is 13.0. The highest BCUT2D eigenvalue weighted by molar-refractivity contribution is 6.05. The molecule has 94 valence electrons. The Balaban J connectivity index is 2.22. The minimum Gasteiger partial charge on any atom is -0.397 e. The lowest BCUT2D eigenvalue weighted by Crippen LogP contribution is -2.13. The standard InChI is InChI=1S/C14H10FN3O/c15-11-3-1-2-10(7-11)14(19)18-13-5-4-9(8-16)6-12(13)17/h1-7H,17H2,(H,18,19). The average Bonchev–Trinajstić information content (AvgIpc) is 2.41. The van der Waals surface area contributed by atoms with Gasteiger partial charge in [0, 0.05) is 5.56 Å². The zero-order chi connectivity index (χ0) is 13.8. The number of nitriles is 1. The molecular weight excluding hydrogens is 245 g/mol. The van der Waals surface area contributed by atoms with Crippen LogP contribution in [0, 0.1) is 17.1 Å². The van der Waals surface area contributed by atoms with Gasteiger partial charge in [0.2, 0.25) is 0 Å². The van der Waals surface area contributed by atoms with Crippen LogP contribution in [0.5, 0.6) is 0 Å². The maximum atomic E-state index is 13.0. The molecule has 0 saturated heterocycles. The van der Waals surface area contributed by atoms with Crippen molar-refractivity contribution in [3.63, 3.8) is 0 Å². The molecule has 3 N–H and O–H groups in total. The first kappa shape index (κ1) is 12.6. The fraction of sp³-hybridized carbons (Fsp3) is 0. The largest absolute Gasteiger partial charge is 0.397 e. The van der Waals surface area contributed by atoms with E-state index in [-0.39, 0.29) is 11.3 Å². The summed E-state index contributed by atoms with van der Waals surface area (Å²) in [5, 5.41) is 11.3. The van der Waals surface area contributed by atoms with Gasteiger partial charge in [-0.25, -0.2) is 4.39 Å². The Morgan fingerprint density at radius 2 is 2.05 bits per heavy atom. The zero-order valence-electron chi connectivity index (χ0n) is 9.85. The van der Waals surface area contributed by atoms with Gasteiger partial charge in [-0.2, -0.15) is 5.26 Å². The van der Waals surface area contributed by atoms with E-state index in [0.29, 0.717) is 11.3 Å². The second kappa shape index (κ2) is 5.19. The van der Waals surface area contributed by atoms with Gasteiger partial charge in [-0.15, -0.1) is 0 Å². The summed E-state index contributed by atoms with van der Waals surface area (Å²) in [6, 6.07) is 11.8. The van der Waals surface area contributed by atoms with Gasteiger partial charge in [-0.05, 0) is 36.4 Å². The Hall–Kier alpha value is -2.87. The predicted molar refractivity (Wildman–Crippen MR) is 69.9 cm³/mol. The normalized spacial score (nSPS) is 9.68. The quantitative estimate of drug-likeness (QED) is 0.809. The minimum absolute atomic E-state index is 0.198. The van der Waals surface area contributed by atoms with E-state index in [1.807, 2.05) is 6.07 Å². The number of hydrogen-bond donors (Lipinski definition) is 2. The molecule has 5 heteroatoms. The molecule has 0 unspecified atom stereocenters. The van der Waals surface area contributed by atoms with E-state index in [2.05, 4.69) is 5.32 Å². The topological polar surface area (TPSA) is 78.9 Å². The molecular formula is C14H10FN3O. The molecule has 0 spiro atoms. The lowest BCUT2D eigenvalue weighted by Gasteiger charge is -2.08. The SMILES string of the molecule is N#Cc1ccc(NC(=O)c2cccc(F)c2)c(N)c1. The fourth-order valence-corrected chi connectivity index (χ4v) is 1.57. The smallest absolute Gasteiger partial charge is 0.255 e. The van der Waals surface area contributed by atoms with E-state index in [1.165, 1.54) is 36.4 Å². The van der Waals surface area contributed by atoms with Crippen molar-refractivity contribution in [1.29, 1.82) is 5.26 Å². The number of rotatable bonds is 2. The highest BCUT2D eigenvalue weighted by Gasteiger charge is 2.09. The molecule has 0 heterocycles. The molecule has 2 aromatic rings. The molecule has 4 nitrogen and oxygen atoms in total. The van der Waals surface area contributed by atoms with Crippen LogP contribution in [0.2, 0.25) is 0 Å². The number of nitrogen functional groups attached to an aromatic ring is 1. The van der Waals surface area contributed by atoms with Crippen molar-refractivity contribution in [3.05, 3.63) is 59.4 Å². The third-order valence-corrected chi connectivity index (χ3v) is 2.52. The highest BCUT2D eigenvalue weighted by Crippen LogP contribution is 2.20. The van der Waals surface area contributed by atoms with Gasteiger partial charge < -0.3 is 11.1 Å². The summed E-state index contributed by atoms with van der Waals surface area (Å²) in [6.45, 7) is 0. The number of halogens is 1. The number of nitrogens with zero attached hydrogens (tertiary/aromatic N) is 1. The van der Waals surface area contributed by atoms with Crippen LogP contribution < -0.4 is 11.1 Å².